The zero-order valence-electron chi connectivity index (χ0n) is 8.79. The molecule has 0 spiro atoms. The van der Waals surface area contributed by atoms with Crippen LogP contribution in [0.25, 0.3) is 0 Å². The zero-order valence-corrected chi connectivity index (χ0v) is 9.60. The van der Waals surface area contributed by atoms with E-state index in [0.717, 1.165) is 25.1 Å². The number of thiazole rings is 1. The van der Waals surface area contributed by atoms with E-state index in [4.69, 9.17) is 5.11 Å². The number of nitrogens with one attached hydrogen (secondary N) is 1. The monoisotopic (exact) mass is 214 g/mol. The Balaban J connectivity index is 2.28. The van der Waals surface area contributed by atoms with Gasteiger partial charge in [-0.3, -0.25) is 0 Å². The minimum atomic E-state index is 0.287. The van der Waals surface area contributed by atoms with Gasteiger partial charge in [-0.2, -0.15) is 0 Å². The third-order valence-electron chi connectivity index (χ3n) is 2.21. The lowest BCUT2D eigenvalue weighted by molar-refractivity contribution is 0.283. The molecule has 0 aliphatic heterocycles. The predicted molar refractivity (Wildman–Crippen MR) is 59.6 cm³/mol. The molecule has 0 aliphatic carbocycles. The molecule has 2 N–H and O–H groups in total. The summed E-state index contributed by atoms with van der Waals surface area (Å²) in [6.45, 7) is 5.44. The Morgan fingerprint density at radius 3 is 2.93 bits per heavy atom. The van der Waals surface area contributed by atoms with E-state index in [1.807, 2.05) is 12.4 Å². The fourth-order valence-electron chi connectivity index (χ4n) is 1.37. The summed E-state index contributed by atoms with van der Waals surface area (Å²) in [5, 5.41) is 12.0. The summed E-state index contributed by atoms with van der Waals surface area (Å²) in [7, 11) is 0. The van der Waals surface area contributed by atoms with Crippen molar-refractivity contribution in [3.63, 3.8) is 0 Å². The zero-order chi connectivity index (χ0) is 10.4. The molecule has 0 saturated heterocycles. The number of aliphatic hydroxyl groups excluding tert-OH is 1. The van der Waals surface area contributed by atoms with Crippen LogP contribution in [0.5, 0.6) is 0 Å². The maximum atomic E-state index is 8.62. The van der Waals surface area contributed by atoms with Gasteiger partial charge in [-0.1, -0.05) is 0 Å². The Hall–Kier alpha value is -0.450. The Bertz CT molecular complexity index is 262. The Labute approximate surface area is 89.2 Å². The molecule has 3 nitrogen and oxygen atoms in total. The lowest BCUT2D eigenvalue weighted by Gasteiger charge is -2.12. The van der Waals surface area contributed by atoms with E-state index < -0.39 is 0 Å². The van der Waals surface area contributed by atoms with Gasteiger partial charge in [0, 0.05) is 17.5 Å². The number of aromatic nitrogens is 1. The normalized spacial score (nSPS) is 13.1. The summed E-state index contributed by atoms with van der Waals surface area (Å²) in [4.78, 5) is 5.53. The van der Waals surface area contributed by atoms with Crippen molar-refractivity contribution < 1.29 is 5.11 Å². The number of hydrogen-bond donors (Lipinski definition) is 2. The van der Waals surface area contributed by atoms with Gasteiger partial charge < -0.3 is 10.4 Å². The van der Waals surface area contributed by atoms with Crippen molar-refractivity contribution in [2.24, 2.45) is 0 Å². The number of aryl methyl sites for hydroxylation is 1. The van der Waals surface area contributed by atoms with E-state index in [-0.39, 0.29) is 6.61 Å². The van der Waals surface area contributed by atoms with Gasteiger partial charge in [0.15, 0.2) is 0 Å². The number of aliphatic hydroxyl groups is 1. The number of rotatable bonds is 6. The molecule has 1 heterocycles. The molecule has 0 fully saturated rings. The molecule has 0 aliphatic rings. The number of hydrogen-bond acceptors (Lipinski definition) is 4. The van der Waals surface area contributed by atoms with Crippen molar-refractivity contribution >= 4 is 11.3 Å². The summed E-state index contributed by atoms with van der Waals surface area (Å²) in [5.41, 5.74) is 3.01. The molecule has 0 saturated carbocycles. The fourth-order valence-corrected chi connectivity index (χ4v) is 2.21. The van der Waals surface area contributed by atoms with Gasteiger partial charge in [0.25, 0.3) is 0 Å². The Kier molecular flexibility index (Phi) is 5.07. The predicted octanol–water partition coefficient (Wildman–Crippen LogP) is 1.87. The first-order valence-corrected chi connectivity index (χ1v) is 5.88. The van der Waals surface area contributed by atoms with E-state index in [2.05, 4.69) is 17.2 Å². The van der Waals surface area contributed by atoms with Gasteiger partial charge in [0.05, 0.1) is 11.2 Å². The molecule has 0 radical (unpaired) electrons. The smallest absolute Gasteiger partial charge is 0.0798 e. The van der Waals surface area contributed by atoms with E-state index in [1.165, 1.54) is 4.88 Å². The van der Waals surface area contributed by atoms with E-state index in [0.29, 0.717) is 6.04 Å². The highest BCUT2D eigenvalue weighted by atomic mass is 32.1. The third-order valence-corrected chi connectivity index (χ3v) is 3.33. The minimum Gasteiger partial charge on any atom is -0.396 e. The van der Waals surface area contributed by atoms with Crippen LogP contribution in [0.3, 0.4) is 0 Å². The van der Waals surface area contributed by atoms with Crippen LogP contribution < -0.4 is 5.32 Å². The minimum absolute atomic E-state index is 0.287. The van der Waals surface area contributed by atoms with Crippen molar-refractivity contribution in [3.05, 3.63) is 16.1 Å². The summed E-state index contributed by atoms with van der Waals surface area (Å²) in [6.07, 6.45) is 1.90. The fraction of sp³-hybridized carbons (Fsp3) is 0.700. The SMILES string of the molecule is Cc1ncsc1C(C)NCCCCO. The molecule has 14 heavy (non-hydrogen) atoms. The Morgan fingerprint density at radius 1 is 1.57 bits per heavy atom. The molecule has 1 aromatic rings. The lowest BCUT2D eigenvalue weighted by atomic mass is 10.2. The molecule has 4 heteroatoms. The largest absolute Gasteiger partial charge is 0.396 e. The van der Waals surface area contributed by atoms with Crippen molar-refractivity contribution in [1.29, 1.82) is 0 Å². The van der Waals surface area contributed by atoms with Crippen LogP contribution in [0.2, 0.25) is 0 Å². The van der Waals surface area contributed by atoms with Crippen LogP contribution in [0.15, 0.2) is 5.51 Å². The highest BCUT2D eigenvalue weighted by molar-refractivity contribution is 7.09. The van der Waals surface area contributed by atoms with Crippen molar-refractivity contribution in [3.8, 4) is 0 Å². The second-order valence-electron chi connectivity index (χ2n) is 3.41. The van der Waals surface area contributed by atoms with Crippen molar-refractivity contribution in [1.82, 2.24) is 10.3 Å². The van der Waals surface area contributed by atoms with Gasteiger partial charge in [0.2, 0.25) is 0 Å². The third kappa shape index (κ3) is 3.36. The highest BCUT2D eigenvalue weighted by Crippen LogP contribution is 2.20. The molecular formula is C10H18N2OS. The molecular weight excluding hydrogens is 196 g/mol. The maximum absolute atomic E-state index is 8.62. The van der Waals surface area contributed by atoms with Crippen LogP contribution in [0, 0.1) is 6.92 Å². The van der Waals surface area contributed by atoms with Gasteiger partial charge in [0.1, 0.15) is 0 Å². The van der Waals surface area contributed by atoms with Gasteiger partial charge in [-0.15, -0.1) is 11.3 Å². The summed E-state index contributed by atoms with van der Waals surface area (Å²) < 4.78 is 0. The molecule has 0 aromatic carbocycles. The average Bonchev–Trinajstić information content (AvgIpc) is 2.59. The van der Waals surface area contributed by atoms with Crippen LogP contribution in [-0.4, -0.2) is 23.2 Å². The van der Waals surface area contributed by atoms with E-state index in [9.17, 15) is 0 Å². The Morgan fingerprint density at radius 2 is 2.36 bits per heavy atom. The lowest BCUT2D eigenvalue weighted by Crippen LogP contribution is -2.19. The van der Waals surface area contributed by atoms with E-state index in [1.54, 1.807) is 11.3 Å². The molecule has 1 aromatic heterocycles. The first-order chi connectivity index (χ1) is 6.75. The summed E-state index contributed by atoms with van der Waals surface area (Å²) >= 11 is 1.70. The standard InChI is InChI=1S/C10H18N2OS/c1-8(11-5-3-4-6-13)10-9(2)12-7-14-10/h7-8,11,13H,3-6H2,1-2H3. The molecule has 1 rings (SSSR count). The highest BCUT2D eigenvalue weighted by Gasteiger charge is 2.09. The first kappa shape index (κ1) is 11.6. The number of nitrogens with zero attached hydrogens (tertiary/aromatic N) is 1. The van der Waals surface area contributed by atoms with Gasteiger partial charge in [-0.25, -0.2) is 4.98 Å². The molecule has 1 atom stereocenters. The molecule has 1 unspecified atom stereocenters. The molecule has 0 bridgehead atoms. The summed E-state index contributed by atoms with van der Waals surface area (Å²) in [6, 6.07) is 0.376. The molecule has 80 valence electrons. The quantitative estimate of drug-likeness (QED) is 0.711. The van der Waals surface area contributed by atoms with Crippen LogP contribution in [0.4, 0.5) is 0 Å². The van der Waals surface area contributed by atoms with Crippen LogP contribution >= 0.6 is 11.3 Å². The maximum Gasteiger partial charge on any atom is 0.0798 e. The second kappa shape index (κ2) is 6.11. The van der Waals surface area contributed by atoms with Crippen molar-refractivity contribution in [2.75, 3.05) is 13.2 Å². The van der Waals surface area contributed by atoms with Crippen LogP contribution in [0.1, 0.15) is 36.4 Å². The average molecular weight is 214 g/mol. The topological polar surface area (TPSA) is 45.2 Å². The van der Waals surface area contributed by atoms with E-state index >= 15 is 0 Å². The van der Waals surface area contributed by atoms with Gasteiger partial charge in [-0.05, 0) is 33.2 Å². The van der Waals surface area contributed by atoms with Crippen LogP contribution in [-0.2, 0) is 0 Å². The number of unbranched alkanes of at least 4 members (excludes halogenated alkanes) is 1. The second-order valence-corrected chi connectivity index (χ2v) is 4.29. The van der Waals surface area contributed by atoms with Crippen molar-refractivity contribution in [2.45, 2.75) is 32.7 Å². The first-order valence-electron chi connectivity index (χ1n) is 5.00. The van der Waals surface area contributed by atoms with Gasteiger partial charge >= 0.3 is 0 Å². The summed E-state index contributed by atoms with van der Waals surface area (Å²) in [5.74, 6) is 0. The molecule has 0 amide bonds.